The summed E-state index contributed by atoms with van der Waals surface area (Å²) in [5, 5.41) is 0.476. The molecule has 3 aromatic carbocycles. The topological polar surface area (TPSA) is 89.2 Å². The number of ketones is 1. The van der Waals surface area contributed by atoms with Crippen LogP contribution < -0.4 is 29.4 Å². The first-order valence-electron chi connectivity index (χ1n) is 11.3. The van der Waals surface area contributed by atoms with E-state index in [1.807, 2.05) is 36.4 Å². The Morgan fingerprint density at radius 3 is 2.03 bits per heavy atom. The van der Waals surface area contributed by atoms with Crippen LogP contribution in [0, 0.1) is 0 Å². The van der Waals surface area contributed by atoms with Crippen LogP contribution >= 0.6 is 11.6 Å². The van der Waals surface area contributed by atoms with Crippen LogP contribution in [0.25, 0.3) is 12.2 Å². The van der Waals surface area contributed by atoms with Crippen LogP contribution in [-0.2, 0) is 6.42 Å². The van der Waals surface area contributed by atoms with E-state index in [0.717, 1.165) is 16.7 Å². The zero-order chi connectivity index (χ0) is 26.9. The first-order valence-corrected chi connectivity index (χ1v) is 11.7. The van der Waals surface area contributed by atoms with Gasteiger partial charge in [-0.05, 0) is 71.7 Å². The van der Waals surface area contributed by atoms with Gasteiger partial charge in [0.2, 0.25) is 5.75 Å². The quantitative estimate of drug-likeness (QED) is 0.140. The number of ether oxygens (including phenoxy) is 5. The fourth-order valence-corrected chi connectivity index (χ4v) is 4.01. The van der Waals surface area contributed by atoms with Gasteiger partial charge < -0.3 is 29.4 Å². The van der Waals surface area contributed by atoms with Gasteiger partial charge in [0.1, 0.15) is 11.5 Å². The SMILES string of the molecule is COc1ccc(C(=O)/C=C\Cc2cc(OC)c(Cl)cc2/C=C\c2cc(OC)c(OC)c(OC)c2)cc1N. The lowest BCUT2D eigenvalue weighted by molar-refractivity contribution is 0.104. The molecule has 0 aliphatic heterocycles. The molecule has 0 amide bonds. The molecule has 0 unspecified atom stereocenters. The third-order valence-electron chi connectivity index (χ3n) is 5.68. The van der Waals surface area contributed by atoms with Crippen molar-refractivity contribution in [3.63, 3.8) is 0 Å². The van der Waals surface area contributed by atoms with Gasteiger partial charge in [0, 0.05) is 5.56 Å². The number of carbonyl (C=O) groups excluding carboxylic acids is 1. The molecule has 7 nitrogen and oxygen atoms in total. The Bertz CT molecular complexity index is 1310. The second-order valence-corrected chi connectivity index (χ2v) is 8.31. The van der Waals surface area contributed by atoms with Crippen molar-refractivity contribution in [1.29, 1.82) is 0 Å². The lowest BCUT2D eigenvalue weighted by atomic mass is 10.0. The van der Waals surface area contributed by atoms with E-state index < -0.39 is 0 Å². The van der Waals surface area contributed by atoms with Crippen LogP contribution in [0.3, 0.4) is 0 Å². The molecule has 0 saturated heterocycles. The highest BCUT2D eigenvalue weighted by Gasteiger charge is 2.13. The van der Waals surface area contributed by atoms with Gasteiger partial charge in [0.15, 0.2) is 17.3 Å². The van der Waals surface area contributed by atoms with Gasteiger partial charge in [0.05, 0.1) is 46.3 Å². The summed E-state index contributed by atoms with van der Waals surface area (Å²) >= 11 is 6.41. The standard InChI is InChI=1S/C29H30ClNO6/c1-33-25-12-11-21(16-23(25)31)24(32)8-6-7-19-17-26(34-2)22(30)15-20(19)10-9-18-13-27(35-3)29(37-5)28(14-18)36-4/h6,8-17H,7,31H2,1-5H3/b8-6-,10-9-. The number of halogens is 1. The summed E-state index contributed by atoms with van der Waals surface area (Å²) in [6.07, 6.45) is 7.64. The molecule has 194 valence electrons. The largest absolute Gasteiger partial charge is 0.495 e. The highest BCUT2D eigenvalue weighted by Crippen LogP contribution is 2.39. The Morgan fingerprint density at radius 2 is 1.46 bits per heavy atom. The van der Waals surface area contributed by atoms with E-state index in [4.69, 9.17) is 41.0 Å². The van der Waals surface area contributed by atoms with E-state index in [2.05, 4.69) is 0 Å². The number of hydrogen-bond acceptors (Lipinski definition) is 7. The molecule has 3 rings (SSSR count). The maximum Gasteiger partial charge on any atom is 0.203 e. The van der Waals surface area contributed by atoms with Gasteiger partial charge in [-0.2, -0.15) is 0 Å². The molecular formula is C29H30ClNO6. The number of methoxy groups -OCH3 is 5. The second-order valence-electron chi connectivity index (χ2n) is 7.91. The molecule has 8 heteroatoms. The highest BCUT2D eigenvalue weighted by molar-refractivity contribution is 6.32. The van der Waals surface area contributed by atoms with Crippen LogP contribution in [0.4, 0.5) is 5.69 Å². The number of benzene rings is 3. The first-order chi connectivity index (χ1) is 17.8. The average molecular weight is 524 g/mol. The smallest absolute Gasteiger partial charge is 0.203 e. The van der Waals surface area contributed by atoms with Crippen molar-refractivity contribution < 1.29 is 28.5 Å². The Balaban J connectivity index is 1.89. The summed E-state index contributed by atoms with van der Waals surface area (Å²) in [6.45, 7) is 0. The minimum atomic E-state index is -0.162. The molecule has 0 aliphatic carbocycles. The predicted molar refractivity (Wildman–Crippen MR) is 148 cm³/mol. The Labute approximate surface area is 222 Å². The maximum absolute atomic E-state index is 12.7. The lowest BCUT2D eigenvalue weighted by Gasteiger charge is -2.13. The van der Waals surface area contributed by atoms with E-state index in [-0.39, 0.29) is 5.78 Å². The summed E-state index contributed by atoms with van der Waals surface area (Å²) in [5.41, 5.74) is 9.44. The summed E-state index contributed by atoms with van der Waals surface area (Å²) in [6, 6.07) is 12.3. The number of rotatable bonds is 11. The van der Waals surface area contributed by atoms with E-state index in [1.165, 1.54) is 13.2 Å². The summed E-state index contributed by atoms with van der Waals surface area (Å²) in [7, 11) is 7.79. The molecule has 0 bridgehead atoms. The lowest BCUT2D eigenvalue weighted by Crippen LogP contribution is -1.99. The molecule has 0 atom stereocenters. The van der Waals surface area contributed by atoms with Crippen LogP contribution in [0.2, 0.25) is 5.02 Å². The van der Waals surface area contributed by atoms with Gasteiger partial charge in [-0.3, -0.25) is 4.79 Å². The molecule has 0 aliphatic rings. The maximum atomic E-state index is 12.7. The molecule has 0 spiro atoms. The summed E-state index contributed by atoms with van der Waals surface area (Å²) < 4.78 is 26.8. The third kappa shape index (κ3) is 6.57. The number of nitrogens with two attached hydrogens (primary N) is 1. The second kappa shape index (κ2) is 12.7. The molecule has 37 heavy (non-hydrogen) atoms. The van der Waals surface area contributed by atoms with E-state index in [1.54, 1.807) is 52.7 Å². The third-order valence-corrected chi connectivity index (χ3v) is 5.97. The molecule has 0 aromatic heterocycles. The molecule has 3 aromatic rings. The summed E-state index contributed by atoms with van der Waals surface area (Å²) in [4.78, 5) is 12.7. The molecular weight excluding hydrogens is 494 g/mol. The number of allylic oxidation sites excluding steroid dienone is 2. The molecule has 0 heterocycles. The summed E-state index contributed by atoms with van der Waals surface area (Å²) in [5.74, 6) is 2.53. The Kier molecular flexibility index (Phi) is 9.46. The van der Waals surface area contributed by atoms with Gasteiger partial charge >= 0.3 is 0 Å². The van der Waals surface area contributed by atoms with Crippen LogP contribution in [0.1, 0.15) is 27.0 Å². The molecule has 2 N–H and O–H groups in total. The number of anilines is 1. The van der Waals surface area contributed by atoms with Crippen molar-refractivity contribution in [2.75, 3.05) is 41.3 Å². The molecule has 0 saturated carbocycles. The number of hydrogen-bond donors (Lipinski definition) is 1. The van der Waals surface area contributed by atoms with Gasteiger partial charge in [-0.15, -0.1) is 0 Å². The van der Waals surface area contributed by atoms with Crippen LogP contribution in [0.5, 0.6) is 28.7 Å². The van der Waals surface area contributed by atoms with Gasteiger partial charge in [0.25, 0.3) is 0 Å². The molecule has 0 radical (unpaired) electrons. The minimum Gasteiger partial charge on any atom is -0.495 e. The average Bonchev–Trinajstić information content (AvgIpc) is 2.91. The number of carbonyl (C=O) groups is 1. The van der Waals surface area contributed by atoms with Crippen molar-refractivity contribution in [3.8, 4) is 28.7 Å². The Morgan fingerprint density at radius 1 is 0.811 bits per heavy atom. The van der Waals surface area contributed by atoms with Crippen LogP contribution in [0.15, 0.2) is 54.6 Å². The van der Waals surface area contributed by atoms with Gasteiger partial charge in [-0.1, -0.05) is 29.8 Å². The monoisotopic (exact) mass is 523 g/mol. The fourth-order valence-electron chi connectivity index (χ4n) is 3.76. The van der Waals surface area contributed by atoms with Crippen LogP contribution in [-0.4, -0.2) is 41.3 Å². The zero-order valence-electron chi connectivity index (χ0n) is 21.5. The van der Waals surface area contributed by atoms with Crippen molar-refractivity contribution >= 4 is 35.2 Å². The van der Waals surface area contributed by atoms with Crippen molar-refractivity contribution in [2.45, 2.75) is 6.42 Å². The van der Waals surface area contributed by atoms with Crippen molar-refractivity contribution in [2.24, 2.45) is 0 Å². The molecule has 0 fully saturated rings. The van der Waals surface area contributed by atoms with Crippen molar-refractivity contribution in [3.05, 3.63) is 81.9 Å². The van der Waals surface area contributed by atoms with Gasteiger partial charge in [-0.25, -0.2) is 0 Å². The van der Waals surface area contributed by atoms with Crippen molar-refractivity contribution in [1.82, 2.24) is 0 Å². The van der Waals surface area contributed by atoms with E-state index in [9.17, 15) is 4.79 Å². The highest BCUT2D eigenvalue weighted by atomic mass is 35.5. The number of nitrogen functional groups attached to an aromatic ring is 1. The fraction of sp³-hybridized carbons (Fsp3) is 0.207. The zero-order valence-corrected chi connectivity index (χ0v) is 22.2. The van der Waals surface area contributed by atoms with E-state index >= 15 is 0 Å². The normalized spacial score (nSPS) is 11.1. The van der Waals surface area contributed by atoms with E-state index in [0.29, 0.717) is 51.4 Å². The minimum absolute atomic E-state index is 0.162. The predicted octanol–water partition coefficient (Wildman–Crippen LogP) is 6.12. The first kappa shape index (κ1) is 27.5. The Hall–Kier alpha value is -4.10.